The second kappa shape index (κ2) is 5.59. The number of anilines is 2. The van der Waals surface area contributed by atoms with Crippen LogP contribution in [-0.4, -0.2) is 56.1 Å². The molecular formula is C14H24N4. The first-order valence-corrected chi connectivity index (χ1v) is 6.55. The van der Waals surface area contributed by atoms with Crippen LogP contribution in [0.2, 0.25) is 0 Å². The Morgan fingerprint density at radius 1 is 1.33 bits per heavy atom. The monoisotopic (exact) mass is 248 g/mol. The summed E-state index contributed by atoms with van der Waals surface area (Å²) in [6, 6.07) is 6.70. The normalized spacial score (nSPS) is 22.1. The molecule has 1 unspecified atom stereocenters. The molecule has 0 saturated carbocycles. The third kappa shape index (κ3) is 3.15. The van der Waals surface area contributed by atoms with Crippen molar-refractivity contribution in [3.63, 3.8) is 0 Å². The van der Waals surface area contributed by atoms with Gasteiger partial charge in [0, 0.05) is 43.6 Å². The Bertz CT molecular complexity index is 405. The standard InChI is InChI=1S/C14H24N4/c1-11-8-12(4-5-14(11)15)16-9-13-10-17(2)6-7-18(13)3/h4-5,8,13,16H,6-7,9-10,15H2,1-3H3. The fourth-order valence-corrected chi connectivity index (χ4v) is 2.34. The van der Waals surface area contributed by atoms with E-state index in [0.29, 0.717) is 6.04 Å². The van der Waals surface area contributed by atoms with Gasteiger partial charge in [-0.05, 0) is 44.8 Å². The molecule has 4 nitrogen and oxygen atoms in total. The lowest BCUT2D eigenvalue weighted by molar-refractivity contribution is 0.122. The average Bonchev–Trinajstić information content (AvgIpc) is 2.34. The number of hydrogen-bond donors (Lipinski definition) is 2. The SMILES string of the molecule is Cc1cc(NCC2CN(C)CCN2C)ccc1N. The second-order valence-corrected chi connectivity index (χ2v) is 5.35. The van der Waals surface area contributed by atoms with Crippen molar-refractivity contribution < 1.29 is 0 Å². The van der Waals surface area contributed by atoms with E-state index in [1.807, 2.05) is 13.0 Å². The maximum absolute atomic E-state index is 5.83. The van der Waals surface area contributed by atoms with Crippen LogP contribution in [0.4, 0.5) is 11.4 Å². The lowest BCUT2D eigenvalue weighted by atomic mass is 10.1. The van der Waals surface area contributed by atoms with Gasteiger partial charge in [0.05, 0.1) is 0 Å². The van der Waals surface area contributed by atoms with Crippen LogP contribution in [0.1, 0.15) is 5.56 Å². The molecule has 0 aliphatic carbocycles. The summed E-state index contributed by atoms with van der Waals surface area (Å²) >= 11 is 0. The fraction of sp³-hybridized carbons (Fsp3) is 0.571. The quantitative estimate of drug-likeness (QED) is 0.790. The van der Waals surface area contributed by atoms with Crippen LogP contribution >= 0.6 is 0 Å². The number of likely N-dealkylation sites (N-methyl/N-ethyl adjacent to an activating group) is 2. The molecule has 1 heterocycles. The van der Waals surface area contributed by atoms with Gasteiger partial charge in [0.25, 0.3) is 0 Å². The summed E-state index contributed by atoms with van der Waals surface area (Å²) in [5, 5.41) is 3.51. The zero-order valence-electron chi connectivity index (χ0n) is 11.6. The third-order valence-corrected chi connectivity index (χ3v) is 3.79. The number of aryl methyl sites for hydroxylation is 1. The van der Waals surface area contributed by atoms with Gasteiger partial charge in [-0.2, -0.15) is 0 Å². The van der Waals surface area contributed by atoms with Gasteiger partial charge in [0.2, 0.25) is 0 Å². The second-order valence-electron chi connectivity index (χ2n) is 5.35. The molecule has 1 atom stereocenters. The molecule has 18 heavy (non-hydrogen) atoms. The maximum Gasteiger partial charge on any atom is 0.0393 e. The number of piperazine rings is 1. The molecule has 100 valence electrons. The van der Waals surface area contributed by atoms with Crippen LogP contribution in [0, 0.1) is 6.92 Å². The van der Waals surface area contributed by atoms with Gasteiger partial charge in [0.1, 0.15) is 0 Å². The van der Waals surface area contributed by atoms with E-state index in [9.17, 15) is 0 Å². The van der Waals surface area contributed by atoms with Gasteiger partial charge in [-0.3, -0.25) is 4.90 Å². The minimum Gasteiger partial charge on any atom is -0.399 e. The molecule has 0 radical (unpaired) electrons. The predicted octanol–water partition coefficient (Wildman–Crippen LogP) is 1.23. The van der Waals surface area contributed by atoms with Crippen LogP contribution in [0.3, 0.4) is 0 Å². The summed E-state index contributed by atoms with van der Waals surface area (Å²) in [7, 11) is 4.39. The van der Waals surface area contributed by atoms with E-state index in [1.165, 1.54) is 0 Å². The van der Waals surface area contributed by atoms with Crippen molar-refractivity contribution in [1.29, 1.82) is 0 Å². The van der Waals surface area contributed by atoms with Crippen LogP contribution in [0.15, 0.2) is 18.2 Å². The minimum atomic E-state index is 0.571. The van der Waals surface area contributed by atoms with E-state index in [0.717, 1.165) is 43.1 Å². The smallest absolute Gasteiger partial charge is 0.0393 e. The molecule has 0 amide bonds. The Morgan fingerprint density at radius 3 is 2.83 bits per heavy atom. The highest BCUT2D eigenvalue weighted by atomic mass is 15.3. The summed E-state index contributed by atoms with van der Waals surface area (Å²) in [6.45, 7) is 6.44. The molecule has 2 rings (SSSR count). The summed E-state index contributed by atoms with van der Waals surface area (Å²) in [5.41, 5.74) is 8.97. The summed E-state index contributed by atoms with van der Waals surface area (Å²) in [5.74, 6) is 0. The van der Waals surface area contributed by atoms with Gasteiger partial charge in [-0.1, -0.05) is 0 Å². The molecule has 1 aromatic carbocycles. The molecular weight excluding hydrogens is 224 g/mol. The Labute approximate surface area is 110 Å². The predicted molar refractivity (Wildman–Crippen MR) is 78.0 cm³/mol. The number of nitrogens with zero attached hydrogens (tertiary/aromatic N) is 2. The highest BCUT2D eigenvalue weighted by molar-refractivity contribution is 5.56. The van der Waals surface area contributed by atoms with E-state index in [4.69, 9.17) is 5.73 Å². The zero-order chi connectivity index (χ0) is 13.1. The molecule has 1 aliphatic heterocycles. The van der Waals surface area contributed by atoms with Crippen molar-refractivity contribution in [3.8, 4) is 0 Å². The lowest BCUT2D eigenvalue weighted by Gasteiger charge is -2.37. The van der Waals surface area contributed by atoms with E-state index in [-0.39, 0.29) is 0 Å². The molecule has 3 N–H and O–H groups in total. The minimum absolute atomic E-state index is 0.571. The first-order valence-electron chi connectivity index (χ1n) is 6.55. The van der Waals surface area contributed by atoms with Gasteiger partial charge in [-0.15, -0.1) is 0 Å². The number of rotatable bonds is 3. The number of nitrogens with two attached hydrogens (primary N) is 1. The first-order chi connectivity index (χ1) is 8.56. The average molecular weight is 248 g/mol. The number of nitrogen functional groups attached to an aromatic ring is 1. The molecule has 0 aromatic heterocycles. The van der Waals surface area contributed by atoms with Crippen molar-refractivity contribution in [1.82, 2.24) is 9.80 Å². The summed E-state index contributed by atoms with van der Waals surface area (Å²) in [4.78, 5) is 4.82. The van der Waals surface area contributed by atoms with E-state index in [1.54, 1.807) is 0 Å². The lowest BCUT2D eigenvalue weighted by Crippen LogP contribution is -2.52. The third-order valence-electron chi connectivity index (χ3n) is 3.79. The van der Waals surface area contributed by atoms with Crippen LogP contribution in [0.5, 0.6) is 0 Å². The first kappa shape index (κ1) is 13.2. The maximum atomic E-state index is 5.83. The molecule has 0 bridgehead atoms. The Kier molecular flexibility index (Phi) is 4.09. The Hall–Kier alpha value is -1.26. The Morgan fingerprint density at radius 2 is 2.11 bits per heavy atom. The Balaban J connectivity index is 1.92. The molecule has 0 spiro atoms. The summed E-state index contributed by atoms with van der Waals surface area (Å²) < 4.78 is 0. The van der Waals surface area contributed by atoms with Crippen LogP contribution in [-0.2, 0) is 0 Å². The van der Waals surface area contributed by atoms with Gasteiger partial charge in [-0.25, -0.2) is 0 Å². The molecule has 4 heteroatoms. The molecule has 1 aliphatic rings. The van der Waals surface area contributed by atoms with Gasteiger partial charge in [0.15, 0.2) is 0 Å². The molecule has 1 aromatic rings. The topological polar surface area (TPSA) is 44.5 Å². The zero-order valence-corrected chi connectivity index (χ0v) is 11.6. The number of benzene rings is 1. The van der Waals surface area contributed by atoms with E-state index < -0.39 is 0 Å². The van der Waals surface area contributed by atoms with E-state index >= 15 is 0 Å². The van der Waals surface area contributed by atoms with Gasteiger partial charge >= 0.3 is 0 Å². The van der Waals surface area contributed by atoms with Crippen molar-refractivity contribution in [3.05, 3.63) is 23.8 Å². The number of nitrogens with one attached hydrogen (secondary N) is 1. The van der Waals surface area contributed by atoms with Crippen LogP contribution in [0.25, 0.3) is 0 Å². The highest BCUT2D eigenvalue weighted by Crippen LogP contribution is 2.17. The van der Waals surface area contributed by atoms with Gasteiger partial charge < -0.3 is 16.0 Å². The van der Waals surface area contributed by atoms with E-state index in [2.05, 4.69) is 41.3 Å². The highest BCUT2D eigenvalue weighted by Gasteiger charge is 2.21. The van der Waals surface area contributed by atoms with Crippen molar-refractivity contribution in [2.24, 2.45) is 0 Å². The fourth-order valence-electron chi connectivity index (χ4n) is 2.34. The summed E-state index contributed by atoms with van der Waals surface area (Å²) in [6.07, 6.45) is 0. The van der Waals surface area contributed by atoms with Crippen LogP contribution < -0.4 is 11.1 Å². The largest absolute Gasteiger partial charge is 0.399 e. The van der Waals surface area contributed by atoms with Crippen molar-refractivity contribution >= 4 is 11.4 Å². The molecule has 1 saturated heterocycles. The molecule has 1 fully saturated rings. The van der Waals surface area contributed by atoms with Crippen molar-refractivity contribution in [2.45, 2.75) is 13.0 Å². The van der Waals surface area contributed by atoms with Crippen molar-refractivity contribution in [2.75, 3.05) is 51.3 Å². The number of hydrogen-bond acceptors (Lipinski definition) is 4.